The highest BCUT2D eigenvalue weighted by atomic mass is 16.5. The third kappa shape index (κ3) is 3.85. The van der Waals surface area contributed by atoms with Gasteiger partial charge in [-0.1, -0.05) is 0 Å². The normalized spacial score (nSPS) is 12.5. The van der Waals surface area contributed by atoms with E-state index in [0.717, 1.165) is 0 Å². The van der Waals surface area contributed by atoms with E-state index in [1.165, 1.54) is 0 Å². The van der Waals surface area contributed by atoms with Crippen LogP contribution in [0.25, 0.3) is 0 Å². The summed E-state index contributed by atoms with van der Waals surface area (Å²) in [6.07, 6.45) is -0.224. The van der Waals surface area contributed by atoms with Gasteiger partial charge in [0.2, 0.25) is 0 Å². The number of hydrogen-bond donors (Lipinski definition) is 3. The molecule has 0 aromatic rings. The highest BCUT2D eigenvalue weighted by Crippen LogP contribution is 1.93. The number of carbonyl (C=O) groups is 2. The van der Waals surface area contributed by atoms with Gasteiger partial charge in [-0.05, 0) is 6.42 Å². The molecule has 0 bridgehead atoms. The summed E-state index contributed by atoms with van der Waals surface area (Å²) in [5.74, 6) is -2.20. The van der Waals surface area contributed by atoms with Gasteiger partial charge in [-0.15, -0.1) is 0 Å². The molecule has 5 heteroatoms. The van der Waals surface area contributed by atoms with Crippen molar-refractivity contribution >= 4 is 11.9 Å². The number of carboxylic acids is 2. The fourth-order valence-corrected chi connectivity index (χ4v) is 0.402. The second-order valence-electron chi connectivity index (χ2n) is 1.88. The molecule has 0 rings (SSSR count). The van der Waals surface area contributed by atoms with E-state index in [0.29, 0.717) is 0 Å². The fraction of sp³-hybridized carbons (Fsp3) is 0.600. The SMILES string of the molecule is N[13CH]([13CH2][13CH2][13C](=O)O)[13C](=O)O. The van der Waals surface area contributed by atoms with Crippen molar-refractivity contribution in [3.05, 3.63) is 0 Å². The third-order valence-electron chi connectivity index (χ3n) is 0.986. The van der Waals surface area contributed by atoms with Crippen LogP contribution in [0.4, 0.5) is 0 Å². The molecular formula is C5H9NO4. The Labute approximate surface area is 57.5 Å². The third-order valence-corrected chi connectivity index (χ3v) is 0.986. The minimum Gasteiger partial charge on any atom is -0.481 e. The zero-order chi connectivity index (χ0) is 8.15. The molecule has 10 heavy (non-hydrogen) atoms. The van der Waals surface area contributed by atoms with Gasteiger partial charge >= 0.3 is 11.9 Å². The molecule has 5 nitrogen and oxygen atoms in total. The summed E-state index contributed by atoms with van der Waals surface area (Å²) in [6.45, 7) is 0. The van der Waals surface area contributed by atoms with Crippen LogP contribution >= 0.6 is 0 Å². The van der Waals surface area contributed by atoms with Crippen molar-refractivity contribution in [2.75, 3.05) is 0 Å². The lowest BCUT2D eigenvalue weighted by molar-refractivity contribution is -0.139. The number of rotatable bonds is 4. The molecule has 1 unspecified atom stereocenters. The minimum atomic E-state index is -1.17. The molecule has 0 aromatic carbocycles. The summed E-state index contributed by atoms with van der Waals surface area (Å²) in [6, 6.07) is -1.06. The zero-order valence-electron chi connectivity index (χ0n) is 5.28. The first-order valence-electron chi connectivity index (χ1n) is 2.74. The molecule has 1 atom stereocenters. The van der Waals surface area contributed by atoms with E-state index in [1.807, 2.05) is 0 Å². The lowest BCUT2D eigenvalue weighted by Gasteiger charge is -2.01. The Kier molecular flexibility index (Phi) is 3.42. The van der Waals surface area contributed by atoms with E-state index >= 15 is 0 Å². The predicted octanol–water partition coefficient (Wildman–Crippen LogP) is -0.737. The summed E-state index contributed by atoms with van der Waals surface area (Å²) < 4.78 is 0. The molecular weight excluding hydrogens is 143 g/mol. The average molecular weight is 152 g/mol. The monoisotopic (exact) mass is 152 g/mol. The smallest absolute Gasteiger partial charge is 0.320 e. The Hall–Kier alpha value is -1.10. The lowest BCUT2D eigenvalue weighted by atomic mass is 11.1. The molecule has 0 aliphatic heterocycles. The quantitative estimate of drug-likeness (QED) is 0.460. The molecule has 0 aliphatic rings. The Morgan fingerprint density at radius 3 is 2.20 bits per heavy atom. The van der Waals surface area contributed by atoms with Gasteiger partial charge < -0.3 is 15.9 Å². The van der Waals surface area contributed by atoms with Gasteiger partial charge in [-0.3, -0.25) is 9.59 Å². The second kappa shape index (κ2) is 3.84. The molecule has 0 heterocycles. The van der Waals surface area contributed by atoms with Crippen molar-refractivity contribution in [1.29, 1.82) is 0 Å². The Balaban J connectivity index is 3.49. The highest BCUT2D eigenvalue weighted by Gasteiger charge is 2.12. The number of hydrogen-bond acceptors (Lipinski definition) is 3. The van der Waals surface area contributed by atoms with Crippen LogP contribution in [0.1, 0.15) is 12.8 Å². The summed E-state index contributed by atoms with van der Waals surface area (Å²) in [5, 5.41) is 16.3. The summed E-state index contributed by atoms with van der Waals surface area (Å²) in [4.78, 5) is 19.9. The van der Waals surface area contributed by atoms with Crippen LogP contribution in [0.3, 0.4) is 0 Å². The molecule has 0 aliphatic carbocycles. The standard InChI is InChI=1S/C5H9NO4/c6-3(5(9)10)1-2-4(7)8/h3H,1-2,6H2,(H,7,8)(H,9,10)/i1+1,2+1,3+1,4+1,5+1. The molecule has 0 saturated heterocycles. The topological polar surface area (TPSA) is 101 Å². The Morgan fingerprint density at radius 1 is 1.40 bits per heavy atom. The van der Waals surface area contributed by atoms with Crippen LogP contribution in [0.15, 0.2) is 0 Å². The molecule has 0 fully saturated rings. The Bertz CT molecular complexity index is 145. The van der Waals surface area contributed by atoms with Crippen LogP contribution in [0.2, 0.25) is 0 Å². The highest BCUT2D eigenvalue weighted by molar-refractivity contribution is 5.74. The molecule has 0 amide bonds. The van der Waals surface area contributed by atoms with Crippen molar-refractivity contribution in [2.45, 2.75) is 18.9 Å². The number of carboxylic acid groups (broad SMARTS) is 2. The van der Waals surface area contributed by atoms with Gasteiger partial charge in [-0.2, -0.15) is 0 Å². The van der Waals surface area contributed by atoms with Crippen molar-refractivity contribution in [3.8, 4) is 0 Å². The zero-order valence-corrected chi connectivity index (χ0v) is 5.28. The molecule has 0 aromatic heterocycles. The van der Waals surface area contributed by atoms with E-state index < -0.39 is 18.0 Å². The maximum atomic E-state index is 9.99. The molecule has 0 spiro atoms. The van der Waals surface area contributed by atoms with Gasteiger partial charge in [0.05, 0.1) is 0 Å². The number of aliphatic carboxylic acids is 2. The summed E-state index contributed by atoms with van der Waals surface area (Å²) in [7, 11) is 0. The lowest BCUT2D eigenvalue weighted by Crippen LogP contribution is -2.30. The first-order valence-corrected chi connectivity index (χ1v) is 2.74. The molecule has 0 radical (unpaired) electrons. The fourth-order valence-electron chi connectivity index (χ4n) is 0.402. The van der Waals surface area contributed by atoms with Gasteiger partial charge in [-0.25, -0.2) is 0 Å². The average Bonchev–Trinajstić information content (AvgIpc) is 1.82. The maximum Gasteiger partial charge on any atom is 0.320 e. The van der Waals surface area contributed by atoms with Crippen molar-refractivity contribution in [1.82, 2.24) is 0 Å². The van der Waals surface area contributed by atoms with Gasteiger partial charge in [0.1, 0.15) is 6.04 Å². The van der Waals surface area contributed by atoms with Crippen molar-refractivity contribution in [2.24, 2.45) is 5.73 Å². The van der Waals surface area contributed by atoms with Gasteiger partial charge in [0.15, 0.2) is 0 Å². The van der Waals surface area contributed by atoms with Crippen molar-refractivity contribution < 1.29 is 19.8 Å². The van der Waals surface area contributed by atoms with E-state index in [4.69, 9.17) is 15.9 Å². The van der Waals surface area contributed by atoms with Crippen LogP contribution in [0.5, 0.6) is 0 Å². The molecule has 58 valence electrons. The molecule has 4 N–H and O–H groups in total. The van der Waals surface area contributed by atoms with Gasteiger partial charge in [0, 0.05) is 6.42 Å². The van der Waals surface area contributed by atoms with E-state index in [2.05, 4.69) is 0 Å². The van der Waals surface area contributed by atoms with E-state index in [-0.39, 0.29) is 12.8 Å². The van der Waals surface area contributed by atoms with Crippen molar-refractivity contribution in [3.63, 3.8) is 0 Å². The van der Waals surface area contributed by atoms with Crippen LogP contribution in [0, 0.1) is 0 Å². The summed E-state index contributed by atoms with van der Waals surface area (Å²) in [5.41, 5.74) is 5.00. The van der Waals surface area contributed by atoms with E-state index in [1.54, 1.807) is 0 Å². The van der Waals surface area contributed by atoms with Gasteiger partial charge in [0.25, 0.3) is 0 Å². The molecule has 0 saturated carbocycles. The summed E-state index contributed by atoms with van der Waals surface area (Å²) >= 11 is 0. The Morgan fingerprint density at radius 2 is 1.90 bits per heavy atom. The first kappa shape index (κ1) is 8.90. The van der Waals surface area contributed by atoms with Crippen LogP contribution < -0.4 is 5.73 Å². The van der Waals surface area contributed by atoms with Crippen LogP contribution in [-0.4, -0.2) is 28.2 Å². The number of nitrogens with two attached hydrogens (primary N) is 1. The van der Waals surface area contributed by atoms with E-state index in [9.17, 15) is 9.59 Å². The maximum absolute atomic E-state index is 9.99. The predicted molar refractivity (Wildman–Crippen MR) is 32.5 cm³/mol. The first-order chi connectivity index (χ1) is 4.54. The second-order valence-corrected chi connectivity index (χ2v) is 1.88. The van der Waals surface area contributed by atoms with Crippen LogP contribution in [-0.2, 0) is 9.59 Å². The minimum absolute atomic E-state index is 0.0231. The largest absolute Gasteiger partial charge is 0.481 e.